The quantitative estimate of drug-likeness (QED) is 0.639. The predicted molar refractivity (Wildman–Crippen MR) is 83.8 cm³/mol. The number of hydrogen-bond acceptors (Lipinski definition) is 5. The van der Waals surface area contributed by atoms with Crippen LogP contribution in [0.15, 0.2) is 40.6 Å². The highest BCUT2D eigenvalue weighted by molar-refractivity contribution is 6.39. The molecule has 0 spiro atoms. The highest BCUT2D eigenvalue weighted by atomic mass is 16.4. The van der Waals surface area contributed by atoms with Crippen molar-refractivity contribution in [1.82, 2.24) is 5.43 Å². The number of nitrogens with one attached hydrogen (secondary N) is 1. The monoisotopic (exact) mass is 332 g/mol. The maximum Gasteiger partial charge on any atom is 0.353 e. The maximum absolute atomic E-state index is 11.6. The van der Waals surface area contributed by atoms with E-state index in [-0.39, 0.29) is 17.0 Å². The van der Waals surface area contributed by atoms with Gasteiger partial charge in [0.2, 0.25) is 0 Å². The normalized spacial score (nSPS) is 18.4. The lowest BCUT2D eigenvalue weighted by atomic mass is 9.84. The van der Waals surface area contributed by atoms with Crippen molar-refractivity contribution in [1.29, 1.82) is 0 Å². The van der Waals surface area contributed by atoms with E-state index in [1.807, 2.05) is 0 Å². The van der Waals surface area contributed by atoms with Crippen molar-refractivity contribution >= 4 is 23.6 Å². The minimum atomic E-state index is -1.33. The van der Waals surface area contributed by atoms with Gasteiger partial charge in [-0.15, -0.1) is 0 Å². The van der Waals surface area contributed by atoms with Crippen LogP contribution in [0.25, 0.3) is 0 Å². The Bertz CT molecular complexity index is 763. The molecule has 126 valence electrons. The first-order valence-corrected chi connectivity index (χ1v) is 7.07. The van der Waals surface area contributed by atoms with E-state index in [1.165, 1.54) is 26.0 Å². The summed E-state index contributed by atoms with van der Waals surface area (Å²) in [6, 6.07) is 6.15. The first kappa shape index (κ1) is 17.2. The van der Waals surface area contributed by atoms with Crippen LogP contribution in [-0.2, 0) is 14.4 Å². The average molecular weight is 332 g/mol. The highest BCUT2D eigenvalue weighted by Crippen LogP contribution is 2.31. The van der Waals surface area contributed by atoms with Gasteiger partial charge in [0.15, 0.2) is 5.71 Å². The minimum absolute atomic E-state index is 0.110. The first-order valence-electron chi connectivity index (χ1n) is 7.07. The van der Waals surface area contributed by atoms with E-state index >= 15 is 0 Å². The van der Waals surface area contributed by atoms with E-state index in [2.05, 4.69) is 10.5 Å². The zero-order valence-corrected chi connectivity index (χ0v) is 13.0. The molecule has 2 rings (SSSR count). The zero-order valence-electron chi connectivity index (χ0n) is 13.0. The average Bonchev–Trinajstić information content (AvgIpc) is 2.53. The summed E-state index contributed by atoms with van der Waals surface area (Å²) in [6.45, 7) is 3.03. The Labute approximate surface area is 137 Å². The fourth-order valence-corrected chi connectivity index (χ4v) is 2.52. The number of hydrogen-bond donors (Lipinski definition) is 4. The Hall–Kier alpha value is -3.16. The van der Waals surface area contributed by atoms with Gasteiger partial charge in [0.1, 0.15) is 0 Å². The molecule has 0 saturated carbocycles. The van der Waals surface area contributed by atoms with Crippen molar-refractivity contribution in [3.63, 3.8) is 0 Å². The molecule has 1 aromatic carbocycles. The number of carboxylic acid groups (broad SMARTS) is 3. The fraction of sp³-hybridized carbons (Fsp3) is 0.250. The number of nitrogens with zero attached hydrogens (tertiary/aromatic N) is 1. The van der Waals surface area contributed by atoms with Crippen LogP contribution in [0.2, 0.25) is 0 Å². The van der Waals surface area contributed by atoms with E-state index < -0.39 is 29.7 Å². The molecule has 4 N–H and O–H groups in total. The third kappa shape index (κ3) is 3.12. The van der Waals surface area contributed by atoms with Crippen molar-refractivity contribution in [2.45, 2.75) is 25.7 Å². The molecule has 1 aromatic rings. The van der Waals surface area contributed by atoms with Gasteiger partial charge in [0.05, 0.1) is 17.4 Å². The van der Waals surface area contributed by atoms with Gasteiger partial charge in [-0.3, -0.25) is 10.2 Å². The van der Waals surface area contributed by atoms with Gasteiger partial charge in [0, 0.05) is 5.70 Å². The van der Waals surface area contributed by atoms with Gasteiger partial charge in [-0.2, -0.15) is 5.10 Å². The molecule has 2 atom stereocenters. The van der Waals surface area contributed by atoms with E-state index in [0.29, 0.717) is 11.1 Å². The molecular formula is C16H16N2O6. The predicted octanol–water partition coefficient (Wildman–Crippen LogP) is 1.36. The maximum atomic E-state index is 11.6. The molecule has 24 heavy (non-hydrogen) atoms. The lowest BCUT2D eigenvalue weighted by Gasteiger charge is -2.24. The molecule has 1 aliphatic rings. The second-order valence-corrected chi connectivity index (χ2v) is 5.42. The molecule has 0 fully saturated rings. The molecule has 8 heteroatoms. The summed E-state index contributed by atoms with van der Waals surface area (Å²) in [7, 11) is 0. The van der Waals surface area contributed by atoms with Crippen molar-refractivity contribution in [2.75, 3.05) is 0 Å². The minimum Gasteiger partial charge on any atom is -0.481 e. The number of hydrazone groups is 1. The smallest absolute Gasteiger partial charge is 0.353 e. The van der Waals surface area contributed by atoms with Crippen molar-refractivity contribution in [3.8, 4) is 0 Å². The molecule has 0 aromatic heterocycles. The van der Waals surface area contributed by atoms with Crippen LogP contribution in [0, 0.1) is 0 Å². The van der Waals surface area contributed by atoms with Gasteiger partial charge in [0.25, 0.3) is 0 Å². The van der Waals surface area contributed by atoms with Crippen LogP contribution in [0.4, 0.5) is 0 Å². The number of carboxylic acids is 3. The van der Waals surface area contributed by atoms with Gasteiger partial charge in [-0.1, -0.05) is 24.3 Å². The van der Waals surface area contributed by atoms with E-state index in [4.69, 9.17) is 5.11 Å². The van der Waals surface area contributed by atoms with Crippen LogP contribution in [-0.4, -0.2) is 38.9 Å². The summed E-state index contributed by atoms with van der Waals surface area (Å²) in [5.74, 6) is -5.34. The molecule has 0 aliphatic carbocycles. The standard InChI is InChI=1S/C16H16N2O6/c1-7(14(19)20)9-3-5-10(6-4-9)12-11(15(21)22)8(2)17-18-13(12)16(23)24/h3-7,12,17H,1-2H3,(H,19,20)(H,21,22)(H,23,24). The summed E-state index contributed by atoms with van der Waals surface area (Å²) >= 11 is 0. The third-order valence-corrected chi connectivity index (χ3v) is 3.90. The van der Waals surface area contributed by atoms with Crippen LogP contribution in [0.1, 0.15) is 36.8 Å². The Kier molecular flexibility index (Phi) is 4.68. The van der Waals surface area contributed by atoms with Gasteiger partial charge >= 0.3 is 17.9 Å². The lowest BCUT2D eigenvalue weighted by Crippen LogP contribution is -2.34. The van der Waals surface area contributed by atoms with Crippen LogP contribution in [0.3, 0.4) is 0 Å². The Morgan fingerprint density at radius 2 is 1.67 bits per heavy atom. The second kappa shape index (κ2) is 6.53. The highest BCUT2D eigenvalue weighted by Gasteiger charge is 2.36. The van der Waals surface area contributed by atoms with E-state index in [0.717, 1.165) is 0 Å². The van der Waals surface area contributed by atoms with E-state index in [1.54, 1.807) is 12.1 Å². The van der Waals surface area contributed by atoms with Gasteiger partial charge in [-0.05, 0) is 25.0 Å². The number of allylic oxidation sites excluding steroid dienone is 1. The van der Waals surface area contributed by atoms with Crippen molar-refractivity contribution < 1.29 is 29.7 Å². The number of rotatable bonds is 5. The Morgan fingerprint density at radius 3 is 2.12 bits per heavy atom. The van der Waals surface area contributed by atoms with Crippen molar-refractivity contribution in [3.05, 3.63) is 46.7 Å². The molecule has 2 unspecified atom stereocenters. The Morgan fingerprint density at radius 1 is 1.08 bits per heavy atom. The fourth-order valence-electron chi connectivity index (χ4n) is 2.52. The molecule has 0 saturated heterocycles. The number of benzene rings is 1. The number of carbonyl (C=O) groups is 3. The summed E-state index contributed by atoms with van der Waals surface area (Å²) in [6.07, 6.45) is 0. The zero-order chi connectivity index (χ0) is 18.0. The molecule has 0 amide bonds. The largest absolute Gasteiger partial charge is 0.481 e. The third-order valence-electron chi connectivity index (χ3n) is 3.90. The molecule has 8 nitrogen and oxygen atoms in total. The molecular weight excluding hydrogens is 316 g/mol. The molecule has 0 bridgehead atoms. The number of aliphatic carboxylic acids is 3. The lowest BCUT2D eigenvalue weighted by molar-refractivity contribution is -0.138. The van der Waals surface area contributed by atoms with Crippen LogP contribution < -0.4 is 5.43 Å². The summed E-state index contributed by atoms with van der Waals surface area (Å²) < 4.78 is 0. The summed E-state index contributed by atoms with van der Waals surface area (Å²) in [4.78, 5) is 34.0. The molecule has 1 heterocycles. The summed E-state index contributed by atoms with van der Waals surface area (Å²) in [5, 5.41) is 31.5. The van der Waals surface area contributed by atoms with Crippen molar-refractivity contribution in [2.24, 2.45) is 5.10 Å². The second-order valence-electron chi connectivity index (χ2n) is 5.42. The topological polar surface area (TPSA) is 136 Å². The van der Waals surface area contributed by atoms with Crippen LogP contribution in [0.5, 0.6) is 0 Å². The van der Waals surface area contributed by atoms with Gasteiger partial charge in [-0.25, -0.2) is 9.59 Å². The Balaban J connectivity index is 2.50. The first-order chi connectivity index (χ1) is 11.2. The molecule has 0 radical (unpaired) electrons. The van der Waals surface area contributed by atoms with Gasteiger partial charge < -0.3 is 15.3 Å². The summed E-state index contributed by atoms with van der Waals surface area (Å²) in [5.41, 5.74) is 3.17. The van der Waals surface area contributed by atoms with E-state index in [9.17, 15) is 24.6 Å². The SMILES string of the molecule is CC1=C(C(=O)O)C(c2ccc(C(C)C(=O)O)cc2)C(C(=O)O)=NN1. The van der Waals surface area contributed by atoms with Crippen LogP contribution >= 0.6 is 0 Å². The molecule has 1 aliphatic heterocycles.